The summed E-state index contributed by atoms with van der Waals surface area (Å²) in [5, 5.41) is 3.72. The van der Waals surface area contributed by atoms with Crippen LogP contribution in [0.2, 0.25) is 0 Å². The summed E-state index contributed by atoms with van der Waals surface area (Å²) in [4.78, 5) is 0. The molecule has 1 atom stereocenters. The molecule has 1 N–H and O–H groups in total. The quantitative estimate of drug-likeness (QED) is 0.708. The van der Waals surface area contributed by atoms with Crippen molar-refractivity contribution in [1.29, 1.82) is 0 Å². The molecular weight excluding hydrogens is 237 g/mol. The first-order valence-corrected chi connectivity index (χ1v) is 7.68. The van der Waals surface area contributed by atoms with Gasteiger partial charge in [-0.3, -0.25) is 0 Å². The molecule has 0 bridgehead atoms. The van der Waals surface area contributed by atoms with Crippen LogP contribution in [0, 0.1) is 11.2 Å². The van der Waals surface area contributed by atoms with E-state index < -0.39 is 0 Å². The zero-order chi connectivity index (χ0) is 13.7. The van der Waals surface area contributed by atoms with Crippen molar-refractivity contribution in [3.63, 3.8) is 0 Å². The summed E-state index contributed by atoms with van der Waals surface area (Å²) in [5.74, 6) is -0.148. The minimum atomic E-state index is -0.148. The first-order chi connectivity index (χ1) is 9.19. The summed E-state index contributed by atoms with van der Waals surface area (Å²) in [6, 6.07) is 7.37. The van der Waals surface area contributed by atoms with Crippen molar-refractivity contribution in [3.05, 3.63) is 35.6 Å². The average Bonchev–Trinajstić information content (AvgIpc) is 3.21. The Labute approximate surface area is 116 Å². The van der Waals surface area contributed by atoms with Crippen molar-refractivity contribution in [2.45, 2.75) is 58.4 Å². The topological polar surface area (TPSA) is 12.0 Å². The zero-order valence-electron chi connectivity index (χ0n) is 12.2. The summed E-state index contributed by atoms with van der Waals surface area (Å²) >= 11 is 0. The Kier molecular flexibility index (Phi) is 4.98. The van der Waals surface area contributed by atoms with Crippen LogP contribution in [-0.2, 0) is 0 Å². The molecule has 1 aliphatic rings. The predicted molar refractivity (Wildman–Crippen MR) is 78.6 cm³/mol. The van der Waals surface area contributed by atoms with Gasteiger partial charge in [0, 0.05) is 12.6 Å². The average molecular weight is 263 g/mol. The lowest BCUT2D eigenvalue weighted by Crippen LogP contribution is -2.28. The predicted octanol–water partition coefficient (Wildman–Crippen LogP) is 4.84. The Morgan fingerprint density at radius 3 is 2.42 bits per heavy atom. The molecule has 19 heavy (non-hydrogen) atoms. The molecule has 106 valence electrons. The molecule has 0 spiro atoms. The monoisotopic (exact) mass is 263 g/mol. The van der Waals surface area contributed by atoms with Gasteiger partial charge in [0.1, 0.15) is 5.82 Å². The number of unbranched alkanes of at least 4 members (excludes halogenated alkanes) is 1. The number of rotatable bonds is 8. The summed E-state index contributed by atoms with van der Waals surface area (Å²) in [6.07, 6.45) is 7.55. The fourth-order valence-electron chi connectivity index (χ4n) is 2.66. The van der Waals surface area contributed by atoms with Crippen LogP contribution >= 0.6 is 0 Å². The summed E-state index contributed by atoms with van der Waals surface area (Å²) in [6.45, 7) is 5.61. The number of hydrogen-bond donors (Lipinski definition) is 1. The van der Waals surface area contributed by atoms with Crippen LogP contribution in [0.15, 0.2) is 24.3 Å². The van der Waals surface area contributed by atoms with Gasteiger partial charge >= 0.3 is 0 Å². The highest BCUT2D eigenvalue weighted by molar-refractivity contribution is 5.20. The Morgan fingerprint density at radius 2 is 1.89 bits per heavy atom. The molecule has 0 saturated heterocycles. The molecule has 1 saturated carbocycles. The van der Waals surface area contributed by atoms with E-state index in [0.717, 1.165) is 13.0 Å². The number of benzene rings is 1. The van der Waals surface area contributed by atoms with Gasteiger partial charge in [-0.05, 0) is 48.8 Å². The van der Waals surface area contributed by atoms with E-state index in [4.69, 9.17) is 0 Å². The molecule has 0 radical (unpaired) electrons. The third kappa shape index (κ3) is 4.04. The summed E-state index contributed by atoms with van der Waals surface area (Å²) in [7, 11) is 0. The second-order valence-electron chi connectivity index (χ2n) is 5.98. The van der Waals surface area contributed by atoms with Crippen molar-refractivity contribution in [3.8, 4) is 0 Å². The third-order valence-electron chi connectivity index (χ3n) is 4.55. The van der Waals surface area contributed by atoms with Crippen molar-refractivity contribution in [2.75, 3.05) is 6.54 Å². The first-order valence-electron chi connectivity index (χ1n) is 7.68. The Morgan fingerprint density at radius 1 is 1.21 bits per heavy atom. The summed E-state index contributed by atoms with van der Waals surface area (Å²) < 4.78 is 13.0. The van der Waals surface area contributed by atoms with Gasteiger partial charge in [0.05, 0.1) is 0 Å². The number of halogens is 1. The molecule has 0 amide bonds. The molecule has 1 fully saturated rings. The summed E-state index contributed by atoms with van der Waals surface area (Å²) in [5.41, 5.74) is 1.78. The Bertz CT molecular complexity index is 381. The Hall–Kier alpha value is -0.890. The molecule has 0 heterocycles. The molecule has 0 aliphatic heterocycles. The van der Waals surface area contributed by atoms with E-state index in [1.807, 2.05) is 12.1 Å². The van der Waals surface area contributed by atoms with Gasteiger partial charge in [0.2, 0.25) is 0 Å². The molecule has 2 heteroatoms. The van der Waals surface area contributed by atoms with E-state index in [1.165, 1.54) is 37.7 Å². The number of nitrogens with one attached hydrogen (secondary N) is 1. The molecular formula is C17H26FN. The van der Waals surface area contributed by atoms with Crippen molar-refractivity contribution < 1.29 is 4.39 Å². The molecule has 1 nitrogen and oxygen atoms in total. The highest BCUT2D eigenvalue weighted by atomic mass is 19.1. The standard InChI is InChI=1S/C17H26FN/c1-3-5-6-16(14-7-9-15(18)10-8-14)19-13-17(4-2)11-12-17/h7-10,16,19H,3-6,11-13H2,1-2H3. The highest BCUT2D eigenvalue weighted by Gasteiger charge is 2.40. The van der Waals surface area contributed by atoms with Gasteiger partial charge in [-0.2, -0.15) is 0 Å². The van der Waals surface area contributed by atoms with E-state index >= 15 is 0 Å². The van der Waals surface area contributed by atoms with E-state index in [2.05, 4.69) is 19.2 Å². The van der Waals surface area contributed by atoms with Crippen LogP contribution in [0.3, 0.4) is 0 Å². The first kappa shape index (κ1) is 14.5. The molecule has 1 aromatic carbocycles. The van der Waals surface area contributed by atoms with Gasteiger partial charge in [0.25, 0.3) is 0 Å². The minimum Gasteiger partial charge on any atom is -0.309 e. The zero-order valence-corrected chi connectivity index (χ0v) is 12.2. The maximum atomic E-state index is 13.0. The molecule has 1 unspecified atom stereocenters. The molecule has 0 aromatic heterocycles. The maximum absolute atomic E-state index is 13.0. The van der Waals surface area contributed by atoms with E-state index in [1.54, 1.807) is 12.1 Å². The van der Waals surface area contributed by atoms with Gasteiger partial charge < -0.3 is 5.32 Å². The van der Waals surface area contributed by atoms with Gasteiger partial charge in [-0.25, -0.2) is 4.39 Å². The van der Waals surface area contributed by atoms with Gasteiger partial charge in [0.15, 0.2) is 0 Å². The van der Waals surface area contributed by atoms with Crippen LogP contribution in [0.25, 0.3) is 0 Å². The maximum Gasteiger partial charge on any atom is 0.123 e. The second kappa shape index (κ2) is 6.51. The van der Waals surface area contributed by atoms with Crippen molar-refractivity contribution in [2.24, 2.45) is 5.41 Å². The molecule has 2 rings (SSSR count). The smallest absolute Gasteiger partial charge is 0.123 e. The van der Waals surface area contributed by atoms with Crippen molar-refractivity contribution >= 4 is 0 Å². The van der Waals surface area contributed by atoms with Crippen molar-refractivity contribution in [1.82, 2.24) is 5.32 Å². The van der Waals surface area contributed by atoms with Crippen LogP contribution < -0.4 is 5.32 Å². The highest BCUT2D eigenvalue weighted by Crippen LogP contribution is 2.48. The van der Waals surface area contributed by atoms with Crippen LogP contribution in [0.4, 0.5) is 4.39 Å². The fraction of sp³-hybridized carbons (Fsp3) is 0.647. The SMILES string of the molecule is CCCCC(NCC1(CC)CC1)c1ccc(F)cc1. The third-order valence-corrected chi connectivity index (χ3v) is 4.55. The largest absolute Gasteiger partial charge is 0.309 e. The fourth-order valence-corrected chi connectivity index (χ4v) is 2.66. The minimum absolute atomic E-state index is 0.148. The second-order valence-corrected chi connectivity index (χ2v) is 5.98. The Balaban J connectivity index is 1.96. The molecule has 1 aliphatic carbocycles. The van der Waals surface area contributed by atoms with Gasteiger partial charge in [-0.1, -0.05) is 38.8 Å². The van der Waals surface area contributed by atoms with E-state index in [9.17, 15) is 4.39 Å². The van der Waals surface area contributed by atoms with E-state index in [-0.39, 0.29) is 5.82 Å². The lowest BCUT2D eigenvalue weighted by molar-refractivity contribution is 0.387. The lowest BCUT2D eigenvalue weighted by atomic mass is 9.98. The normalized spacial score (nSPS) is 18.3. The van der Waals surface area contributed by atoms with Crippen LogP contribution in [0.5, 0.6) is 0 Å². The lowest BCUT2D eigenvalue weighted by Gasteiger charge is -2.22. The van der Waals surface area contributed by atoms with Crippen LogP contribution in [-0.4, -0.2) is 6.54 Å². The number of hydrogen-bond acceptors (Lipinski definition) is 1. The van der Waals surface area contributed by atoms with Crippen LogP contribution in [0.1, 0.15) is 64.0 Å². The molecule has 1 aromatic rings. The van der Waals surface area contributed by atoms with Gasteiger partial charge in [-0.15, -0.1) is 0 Å². The van der Waals surface area contributed by atoms with E-state index in [0.29, 0.717) is 11.5 Å².